The Bertz CT molecular complexity index is 918. The van der Waals surface area contributed by atoms with Crippen molar-refractivity contribution in [2.45, 2.75) is 26.4 Å². The number of pyridine rings is 1. The van der Waals surface area contributed by atoms with E-state index in [0.717, 1.165) is 22.3 Å². The summed E-state index contributed by atoms with van der Waals surface area (Å²) < 4.78 is 42.3. The Morgan fingerprint density at radius 2 is 1.88 bits per heavy atom. The minimum Gasteiger partial charge on any atom is -0.383 e. The lowest BCUT2D eigenvalue weighted by molar-refractivity contribution is -0.128. The van der Waals surface area contributed by atoms with E-state index in [4.69, 9.17) is 10.3 Å². The first-order valence-corrected chi connectivity index (χ1v) is 7.46. The number of hydrogen-bond donors (Lipinski definition) is 1. The zero-order valence-electron chi connectivity index (χ0n) is 13.6. The van der Waals surface area contributed by atoms with Crippen molar-refractivity contribution in [3.8, 4) is 22.6 Å². The smallest absolute Gasteiger partial charge is 0.383 e. The second-order valence-corrected chi connectivity index (χ2v) is 5.78. The van der Waals surface area contributed by atoms with Crippen molar-refractivity contribution in [1.82, 2.24) is 15.1 Å². The van der Waals surface area contributed by atoms with Crippen LogP contribution in [0.5, 0.6) is 0 Å². The number of nitrogen functional groups attached to an aromatic ring is 1. The molecule has 0 amide bonds. The number of anilines is 1. The monoisotopic (exact) mass is 348 g/mol. The highest BCUT2D eigenvalue weighted by Gasteiger charge is 2.31. The van der Waals surface area contributed by atoms with Gasteiger partial charge in [0.15, 0.2) is 5.82 Å². The molecule has 2 N–H and O–H groups in total. The second-order valence-electron chi connectivity index (χ2n) is 5.78. The van der Waals surface area contributed by atoms with E-state index in [1.807, 2.05) is 32.0 Å². The Hall–Kier alpha value is -2.90. The van der Waals surface area contributed by atoms with Crippen LogP contribution in [-0.4, -0.2) is 21.3 Å². The largest absolute Gasteiger partial charge is 0.396 e. The van der Waals surface area contributed by atoms with E-state index < -0.39 is 18.4 Å². The summed E-state index contributed by atoms with van der Waals surface area (Å²) in [6, 6.07) is 7.66. The van der Waals surface area contributed by atoms with Crippen LogP contribution in [0, 0.1) is 13.8 Å². The van der Waals surface area contributed by atoms with Crippen LogP contribution >= 0.6 is 0 Å². The maximum absolute atomic E-state index is 12.4. The number of nitrogens with zero attached hydrogens (tertiary/aromatic N) is 3. The van der Waals surface area contributed by atoms with E-state index in [1.165, 1.54) is 0 Å². The molecule has 0 atom stereocenters. The predicted molar refractivity (Wildman–Crippen MR) is 86.6 cm³/mol. The van der Waals surface area contributed by atoms with Crippen molar-refractivity contribution in [1.29, 1.82) is 0 Å². The van der Waals surface area contributed by atoms with Crippen molar-refractivity contribution in [3.63, 3.8) is 0 Å². The fraction of sp³-hybridized carbons (Fsp3) is 0.235. The lowest BCUT2D eigenvalue weighted by atomic mass is 9.98. The molecule has 0 saturated carbocycles. The third-order valence-electron chi connectivity index (χ3n) is 3.68. The van der Waals surface area contributed by atoms with E-state index in [1.54, 1.807) is 12.3 Å². The molecule has 8 heteroatoms. The van der Waals surface area contributed by atoms with E-state index >= 15 is 0 Å². The Balaban J connectivity index is 2.02. The molecule has 0 aliphatic heterocycles. The average Bonchev–Trinajstić information content (AvgIpc) is 2.96. The summed E-state index contributed by atoms with van der Waals surface area (Å²) in [5.41, 5.74) is 9.97. The molecule has 25 heavy (non-hydrogen) atoms. The minimum absolute atomic E-state index is 0.0867. The lowest BCUT2D eigenvalue weighted by Crippen LogP contribution is -2.12. The van der Waals surface area contributed by atoms with E-state index in [0.29, 0.717) is 5.56 Å². The summed E-state index contributed by atoms with van der Waals surface area (Å²) in [6.45, 7) is 3.93. The van der Waals surface area contributed by atoms with Gasteiger partial charge in [0.2, 0.25) is 0 Å². The minimum atomic E-state index is -4.41. The molecule has 2 heterocycles. The third-order valence-corrected chi connectivity index (χ3v) is 3.68. The molecule has 3 rings (SSSR count). The number of hydrogen-bond acceptors (Lipinski definition) is 5. The van der Waals surface area contributed by atoms with Crippen molar-refractivity contribution in [2.75, 3.05) is 5.73 Å². The van der Waals surface area contributed by atoms with Crippen molar-refractivity contribution < 1.29 is 17.7 Å². The van der Waals surface area contributed by atoms with Gasteiger partial charge in [0.1, 0.15) is 12.2 Å². The standard InChI is InChI=1S/C17H15F3N4O/c1-9-3-4-10(2)12(5-9)11-6-13(15(21)22-8-11)16-23-14(24-25-16)7-17(18,19)20/h3-6,8H,7H2,1-2H3,(H2,21,22). The quantitative estimate of drug-likeness (QED) is 0.771. The summed E-state index contributed by atoms with van der Waals surface area (Å²) >= 11 is 0. The highest BCUT2D eigenvalue weighted by Crippen LogP contribution is 2.31. The summed E-state index contributed by atoms with van der Waals surface area (Å²) in [7, 11) is 0. The molecule has 0 radical (unpaired) electrons. The number of rotatable bonds is 3. The van der Waals surface area contributed by atoms with Gasteiger partial charge in [0.25, 0.3) is 5.89 Å². The Morgan fingerprint density at radius 3 is 2.60 bits per heavy atom. The first-order valence-electron chi connectivity index (χ1n) is 7.46. The topological polar surface area (TPSA) is 77.8 Å². The third kappa shape index (κ3) is 3.78. The van der Waals surface area contributed by atoms with Gasteiger partial charge in [-0.25, -0.2) is 4.98 Å². The Morgan fingerprint density at radius 1 is 1.12 bits per heavy atom. The van der Waals surface area contributed by atoms with Crippen molar-refractivity contribution >= 4 is 5.82 Å². The zero-order valence-corrected chi connectivity index (χ0v) is 13.6. The molecule has 0 aliphatic rings. The van der Waals surface area contributed by atoms with Crippen LogP contribution in [0.3, 0.4) is 0 Å². The molecule has 0 unspecified atom stereocenters. The normalized spacial score (nSPS) is 11.7. The molecule has 0 saturated heterocycles. The van der Waals surface area contributed by atoms with Crippen LogP contribution in [0.15, 0.2) is 35.0 Å². The molecule has 3 aromatic rings. The van der Waals surface area contributed by atoms with Crippen LogP contribution in [-0.2, 0) is 6.42 Å². The zero-order chi connectivity index (χ0) is 18.2. The maximum Gasteiger partial charge on any atom is 0.396 e. The van der Waals surface area contributed by atoms with Crippen LogP contribution in [0.1, 0.15) is 17.0 Å². The number of alkyl halides is 3. The van der Waals surface area contributed by atoms with Gasteiger partial charge in [-0.15, -0.1) is 0 Å². The van der Waals surface area contributed by atoms with Gasteiger partial charge in [-0.05, 0) is 31.0 Å². The lowest BCUT2D eigenvalue weighted by Gasteiger charge is -2.09. The van der Waals surface area contributed by atoms with Crippen molar-refractivity contribution in [3.05, 3.63) is 47.4 Å². The highest BCUT2D eigenvalue weighted by atomic mass is 19.4. The number of aryl methyl sites for hydroxylation is 2. The average molecular weight is 348 g/mol. The van der Waals surface area contributed by atoms with Gasteiger partial charge < -0.3 is 10.3 Å². The van der Waals surface area contributed by atoms with Crippen molar-refractivity contribution in [2.24, 2.45) is 0 Å². The predicted octanol–water partition coefficient (Wildman–Crippen LogP) is 4.10. The summed E-state index contributed by atoms with van der Waals surface area (Å²) in [5.74, 6) is -0.424. The number of benzene rings is 1. The van der Waals surface area contributed by atoms with Gasteiger partial charge in [0, 0.05) is 11.8 Å². The summed E-state index contributed by atoms with van der Waals surface area (Å²) in [4.78, 5) is 7.90. The van der Waals surface area contributed by atoms with E-state index in [2.05, 4.69) is 15.1 Å². The summed E-state index contributed by atoms with van der Waals surface area (Å²) in [6.07, 6.45) is -4.07. The molecular formula is C17H15F3N4O. The van der Waals surface area contributed by atoms with E-state index in [-0.39, 0.29) is 11.7 Å². The Labute approximate surface area is 141 Å². The summed E-state index contributed by atoms with van der Waals surface area (Å²) in [5, 5.41) is 3.36. The second kappa shape index (κ2) is 6.19. The van der Waals surface area contributed by atoms with Crippen LogP contribution in [0.25, 0.3) is 22.6 Å². The van der Waals surface area contributed by atoms with Crippen LogP contribution in [0.2, 0.25) is 0 Å². The first-order chi connectivity index (χ1) is 11.7. The number of halogens is 3. The van der Waals surface area contributed by atoms with Gasteiger partial charge in [-0.2, -0.15) is 18.2 Å². The maximum atomic E-state index is 12.4. The van der Waals surface area contributed by atoms with Gasteiger partial charge >= 0.3 is 6.18 Å². The molecule has 5 nitrogen and oxygen atoms in total. The van der Waals surface area contributed by atoms with E-state index in [9.17, 15) is 13.2 Å². The fourth-order valence-corrected chi connectivity index (χ4v) is 2.46. The molecule has 130 valence electrons. The first kappa shape index (κ1) is 16.9. The molecule has 0 spiro atoms. The fourth-order valence-electron chi connectivity index (χ4n) is 2.46. The highest BCUT2D eigenvalue weighted by molar-refractivity contribution is 5.76. The SMILES string of the molecule is Cc1ccc(C)c(-c2cnc(N)c(-c3nc(CC(F)(F)F)no3)c2)c1. The molecule has 0 bridgehead atoms. The molecule has 1 aromatic carbocycles. The van der Waals surface area contributed by atoms with Crippen LogP contribution in [0.4, 0.5) is 19.0 Å². The molecule has 0 fully saturated rings. The van der Waals surface area contributed by atoms with Gasteiger partial charge in [-0.1, -0.05) is 28.9 Å². The van der Waals surface area contributed by atoms with Gasteiger partial charge in [-0.3, -0.25) is 0 Å². The molecule has 2 aromatic heterocycles. The molecule has 0 aliphatic carbocycles. The van der Waals surface area contributed by atoms with Crippen LogP contribution < -0.4 is 5.73 Å². The number of nitrogens with two attached hydrogens (primary N) is 1. The van der Waals surface area contributed by atoms with Gasteiger partial charge in [0.05, 0.1) is 5.56 Å². The number of aromatic nitrogens is 3. The Kier molecular flexibility index (Phi) is 4.20. The molecular weight excluding hydrogens is 333 g/mol.